The van der Waals surface area contributed by atoms with E-state index in [1.165, 1.54) is 29.6 Å². The molecule has 0 aliphatic heterocycles. The lowest BCUT2D eigenvalue weighted by molar-refractivity contribution is -0.151. The van der Waals surface area contributed by atoms with Crippen LogP contribution in [-0.2, 0) is 28.6 Å². The van der Waals surface area contributed by atoms with E-state index < -0.39 is 0 Å². The predicted octanol–water partition coefficient (Wildman–Crippen LogP) is 9.67. The van der Waals surface area contributed by atoms with Crippen molar-refractivity contribution in [3.8, 4) is 0 Å². The highest BCUT2D eigenvalue weighted by atomic mass is 16.6. The summed E-state index contributed by atoms with van der Waals surface area (Å²) in [4.78, 5) is 35.6. The average molecular weight is 643 g/mol. The standard InChI is InChI=1S/C14H24O2.C13H20O2.C13H22O2/c1-9(2)8-14(7)11(13(14,5)6)12(15)16-10(3)4;1-8(2)7-10-11(13(10)5-6-13)12(14)15-9(3)4;1-8(2)7-10-11(13(10,5)6)12(14)15-9(3)4/h8,10-11H,1-7H3;7,9-11H,5-6H2,1-4H3;7,9-11H,1-6H3. The molecule has 0 saturated heterocycles. The van der Waals surface area contributed by atoms with Crippen LogP contribution in [0.15, 0.2) is 34.9 Å². The highest BCUT2D eigenvalue weighted by Crippen LogP contribution is 2.76. The van der Waals surface area contributed by atoms with Crippen LogP contribution < -0.4 is 0 Å². The molecule has 0 aromatic carbocycles. The molecular weight excluding hydrogens is 576 g/mol. The van der Waals surface area contributed by atoms with Crippen LogP contribution in [0.25, 0.3) is 0 Å². The van der Waals surface area contributed by atoms with Crippen LogP contribution in [0.1, 0.15) is 131 Å². The molecule has 6 nitrogen and oxygen atoms in total. The average Bonchev–Trinajstić information content (AvgIpc) is 3.79. The van der Waals surface area contributed by atoms with Crippen LogP contribution in [0.4, 0.5) is 0 Å². The molecule has 0 radical (unpaired) electrons. The van der Waals surface area contributed by atoms with Gasteiger partial charge in [0.1, 0.15) is 0 Å². The summed E-state index contributed by atoms with van der Waals surface area (Å²) in [5.74, 6) is 0.951. The molecule has 4 rings (SSSR count). The summed E-state index contributed by atoms with van der Waals surface area (Å²) in [6.07, 6.45) is 9.03. The Balaban J connectivity index is 0.000000240. The lowest BCUT2D eigenvalue weighted by Gasteiger charge is -2.09. The first kappa shape index (κ1) is 39.8. The molecule has 4 aliphatic rings. The van der Waals surface area contributed by atoms with Crippen molar-refractivity contribution in [3.05, 3.63) is 34.9 Å². The zero-order valence-electron chi connectivity index (χ0n) is 32.2. The number of ether oxygens (including phenoxy) is 3. The molecule has 6 atom stereocenters. The van der Waals surface area contributed by atoms with Gasteiger partial charge in [0.15, 0.2) is 0 Å². The van der Waals surface area contributed by atoms with Crippen molar-refractivity contribution in [2.24, 2.45) is 51.2 Å². The maximum absolute atomic E-state index is 12.0. The SMILES string of the molecule is CC(C)=CC1(C)C(C(=O)OC(C)C)C1(C)C.CC(C)=CC1C(C(=O)OC(C)C)C1(C)C.CC(C)=CC1C(C(=O)OC(C)C)C12CC2. The van der Waals surface area contributed by atoms with Crippen LogP contribution in [-0.4, -0.2) is 36.2 Å². The van der Waals surface area contributed by atoms with Gasteiger partial charge in [0, 0.05) is 5.41 Å². The third-order valence-corrected chi connectivity index (χ3v) is 10.3. The van der Waals surface area contributed by atoms with E-state index in [-0.39, 0.29) is 70.2 Å². The van der Waals surface area contributed by atoms with Crippen LogP contribution in [0, 0.1) is 51.2 Å². The number of carbonyl (C=O) groups excluding carboxylic acids is 3. The van der Waals surface area contributed by atoms with Crippen molar-refractivity contribution in [1.82, 2.24) is 0 Å². The van der Waals surface area contributed by atoms with Gasteiger partial charge in [-0.25, -0.2) is 0 Å². The van der Waals surface area contributed by atoms with Gasteiger partial charge in [-0.1, -0.05) is 69.6 Å². The van der Waals surface area contributed by atoms with E-state index >= 15 is 0 Å². The molecule has 46 heavy (non-hydrogen) atoms. The quantitative estimate of drug-likeness (QED) is 0.142. The van der Waals surface area contributed by atoms with Crippen molar-refractivity contribution in [2.45, 2.75) is 149 Å². The van der Waals surface area contributed by atoms with E-state index in [0.29, 0.717) is 17.3 Å². The largest absolute Gasteiger partial charge is 0.463 e. The lowest BCUT2D eigenvalue weighted by atomic mass is 9.96. The van der Waals surface area contributed by atoms with Crippen LogP contribution in [0.2, 0.25) is 0 Å². The minimum atomic E-state index is -0.0556. The molecule has 4 fully saturated rings. The van der Waals surface area contributed by atoms with Crippen molar-refractivity contribution < 1.29 is 28.6 Å². The topological polar surface area (TPSA) is 78.9 Å². The number of esters is 3. The Labute approximate surface area is 281 Å². The summed E-state index contributed by atoms with van der Waals surface area (Å²) < 4.78 is 15.9. The Morgan fingerprint density at radius 1 is 0.587 bits per heavy atom. The molecule has 0 heterocycles. The fourth-order valence-corrected chi connectivity index (χ4v) is 7.45. The Hall–Kier alpha value is -2.37. The van der Waals surface area contributed by atoms with E-state index in [4.69, 9.17) is 14.2 Å². The third kappa shape index (κ3) is 9.16. The van der Waals surface area contributed by atoms with Crippen molar-refractivity contribution in [1.29, 1.82) is 0 Å². The first-order valence-corrected chi connectivity index (χ1v) is 17.4. The molecule has 4 saturated carbocycles. The summed E-state index contributed by atoms with van der Waals surface area (Å²) in [5.41, 5.74) is 4.20. The van der Waals surface area contributed by atoms with Gasteiger partial charge < -0.3 is 14.2 Å². The maximum atomic E-state index is 12.0. The summed E-state index contributed by atoms with van der Waals surface area (Å²) in [6.45, 7) is 34.6. The second-order valence-corrected chi connectivity index (χ2v) is 17.2. The van der Waals surface area contributed by atoms with Crippen LogP contribution in [0.3, 0.4) is 0 Å². The van der Waals surface area contributed by atoms with Crippen LogP contribution in [0.5, 0.6) is 0 Å². The van der Waals surface area contributed by atoms with E-state index in [0.717, 1.165) is 0 Å². The summed E-state index contributed by atoms with van der Waals surface area (Å²) in [7, 11) is 0. The van der Waals surface area contributed by atoms with Gasteiger partial charge in [-0.05, 0) is 124 Å². The Kier molecular flexibility index (Phi) is 12.5. The van der Waals surface area contributed by atoms with Gasteiger partial charge in [0.25, 0.3) is 0 Å². The normalized spacial score (nSPS) is 29.6. The van der Waals surface area contributed by atoms with Gasteiger partial charge in [0.05, 0.1) is 36.1 Å². The molecular formula is C40H66O6. The summed E-state index contributed by atoms with van der Waals surface area (Å²) >= 11 is 0. The van der Waals surface area contributed by atoms with Gasteiger partial charge >= 0.3 is 17.9 Å². The van der Waals surface area contributed by atoms with Crippen LogP contribution >= 0.6 is 0 Å². The highest BCUT2D eigenvalue weighted by Gasteiger charge is 2.74. The molecule has 262 valence electrons. The molecule has 0 aromatic rings. The second-order valence-electron chi connectivity index (χ2n) is 17.2. The summed E-state index contributed by atoms with van der Waals surface area (Å²) in [5, 5.41) is 0. The molecule has 0 amide bonds. The summed E-state index contributed by atoms with van der Waals surface area (Å²) in [6, 6.07) is 0. The molecule has 6 heteroatoms. The maximum Gasteiger partial charge on any atom is 0.310 e. The van der Waals surface area contributed by atoms with Gasteiger partial charge in [-0.15, -0.1) is 0 Å². The second kappa shape index (κ2) is 14.4. The zero-order valence-corrected chi connectivity index (χ0v) is 32.2. The molecule has 1 spiro atoms. The minimum Gasteiger partial charge on any atom is -0.463 e. The van der Waals surface area contributed by atoms with Gasteiger partial charge in [-0.2, -0.15) is 0 Å². The van der Waals surface area contributed by atoms with Crippen molar-refractivity contribution in [2.75, 3.05) is 0 Å². The fraction of sp³-hybridized carbons (Fsp3) is 0.775. The van der Waals surface area contributed by atoms with Crippen molar-refractivity contribution in [3.63, 3.8) is 0 Å². The molecule has 0 aromatic heterocycles. The minimum absolute atomic E-state index is 0.00250. The number of hydrogen-bond donors (Lipinski definition) is 0. The smallest absolute Gasteiger partial charge is 0.310 e. The zero-order chi connectivity index (χ0) is 35.7. The highest BCUT2D eigenvalue weighted by molar-refractivity contribution is 5.80. The first-order valence-electron chi connectivity index (χ1n) is 17.4. The Morgan fingerprint density at radius 2 is 0.978 bits per heavy atom. The number of rotatable bonds is 9. The first-order chi connectivity index (χ1) is 20.9. The molecule has 0 N–H and O–H groups in total. The molecule has 6 unspecified atom stereocenters. The third-order valence-electron chi connectivity index (χ3n) is 10.3. The lowest BCUT2D eigenvalue weighted by Crippen LogP contribution is -2.16. The van der Waals surface area contributed by atoms with E-state index in [9.17, 15) is 14.4 Å². The Bertz CT molecular complexity index is 1160. The van der Waals surface area contributed by atoms with Gasteiger partial charge in [0.2, 0.25) is 0 Å². The number of hydrogen-bond acceptors (Lipinski definition) is 6. The number of carbonyl (C=O) groups is 3. The fourth-order valence-electron chi connectivity index (χ4n) is 7.45. The van der Waals surface area contributed by atoms with E-state index in [1.54, 1.807) is 0 Å². The molecule has 4 aliphatic carbocycles. The van der Waals surface area contributed by atoms with Crippen molar-refractivity contribution >= 4 is 17.9 Å². The van der Waals surface area contributed by atoms with E-state index in [2.05, 4.69) is 94.4 Å². The van der Waals surface area contributed by atoms with E-state index in [1.807, 2.05) is 41.5 Å². The Morgan fingerprint density at radius 3 is 1.35 bits per heavy atom. The predicted molar refractivity (Wildman–Crippen MR) is 187 cm³/mol. The van der Waals surface area contributed by atoms with Gasteiger partial charge in [-0.3, -0.25) is 14.4 Å². The monoisotopic (exact) mass is 642 g/mol. The molecule has 0 bridgehead atoms. The number of allylic oxidation sites excluding steroid dienone is 6.